The van der Waals surface area contributed by atoms with Gasteiger partial charge in [-0.25, -0.2) is 4.98 Å². The minimum absolute atomic E-state index is 0.0475. The molecule has 0 spiro atoms. The fraction of sp³-hybridized carbons (Fsp3) is 0.211. The molecule has 1 atom stereocenters. The molecule has 27 heavy (non-hydrogen) atoms. The molecule has 0 aliphatic carbocycles. The van der Waals surface area contributed by atoms with Crippen LogP contribution in [0.2, 0.25) is 5.02 Å². The van der Waals surface area contributed by atoms with Crippen LogP contribution in [0.1, 0.15) is 13.3 Å². The van der Waals surface area contributed by atoms with E-state index in [2.05, 4.69) is 10.3 Å². The molecule has 1 aromatic heterocycles. The van der Waals surface area contributed by atoms with Crippen LogP contribution in [-0.2, 0) is 9.59 Å². The molecule has 0 saturated heterocycles. The van der Waals surface area contributed by atoms with Crippen LogP contribution in [0, 0.1) is 0 Å². The first-order valence-corrected chi connectivity index (χ1v) is 10.6. The van der Waals surface area contributed by atoms with Crippen LogP contribution in [0.3, 0.4) is 0 Å². The summed E-state index contributed by atoms with van der Waals surface area (Å²) in [5.41, 5.74) is 2.24. The Kier molecular flexibility index (Phi) is 5.08. The van der Waals surface area contributed by atoms with Crippen molar-refractivity contribution in [3.05, 3.63) is 47.5 Å². The maximum absolute atomic E-state index is 13.0. The number of fused-ring (bicyclic) bond motifs is 2. The van der Waals surface area contributed by atoms with E-state index in [1.54, 1.807) is 16.2 Å². The van der Waals surface area contributed by atoms with Crippen LogP contribution in [-0.4, -0.2) is 28.6 Å². The summed E-state index contributed by atoms with van der Waals surface area (Å²) in [7, 11) is 0. The second kappa shape index (κ2) is 7.50. The molecule has 0 saturated carbocycles. The Morgan fingerprint density at radius 1 is 1.37 bits per heavy atom. The lowest BCUT2D eigenvalue weighted by atomic mass is 10.2. The number of thiazole rings is 1. The predicted octanol–water partition coefficient (Wildman–Crippen LogP) is 4.81. The number of thioether (sulfide) groups is 1. The largest absolute Gasteiger partial charge is 0.324 e. The summed E-state index contributed by atoms with van der Waals surface area (Å²) in [6, 6.07) is 12.8. The van der Waals surface area contributed by atoms with Gasteiger partial charge in [0, 0.05) is 17.5 Å². The Bertz CT molecular complexity index is 1040. The van der Waals surface area contributed by atoms with Crippen molar-refractivity contribution < 1.29 is 9.59 Å². The Balaban J connectivity index is 1.55. The second-order valence-corrected chi connectivity index (χ2v) is 8.95. The van der Waals surface area contributed by atoms with E-state index in [4.69, 9.17) is 11.6 Å². The van der Waals surface area contributed by atoms with Gasteiger partial charge in [0.1, 0.15) is 0 Å². The zero-order valence-electron chi connectivity index (χ0n) is 14.4. The first-order chi connectivity index (χ1) is 13.0. The van der Waals surface area contributed by atoms with E-state index < -0.39 is 0 Å². The highest BCUT2D eigenvalue weighted by atomic mass is 35.5. The number of carbonyl (C=O) groups excluding carboxylic acids is 2. The van der Waals surface area contributed by atoms with Gasteiger partial charge in [-0.15, -0.1) is 11.3 Å². The Labute approximate surface area is 169 Å². The number of rotatable bonds is 3. The fourth-order valence-electron chi connectivity index (χ4n) is 3.10. The SMILES string of the molecule is CC1CC(=O)Nc2ccccc2N1C(=O)CSc1nc2cc(Cl)ccc2s1. The molecule has 1 aliphatic rings. The summed E-state index contributed by atoms with van der Waals surface area (Å²) in [5, 5.41) is 3.52. The van der Waals surface area contributed by atoms with Crippen molar-refractivity contribution in [3.8, 4) is 0 Å². The molecule has 1 N–H and O–H groups in total. The van der Waals surface area contributed by atoms with Crippen LogP contribution in [0.5, 0.6) is 0 Å². The predicted molar refractivity (Wildman–Crippen MR) is 112 cm³/mol. The van der Waals surface area contributed by atoms with Gasteiger partial charge < -0.3 is 10.2 Å². The van der Waals surface area contributed by atoms with Crippen molar-refractivity contribution >= 4 is 68.1 Å². The number of carbonyl (C=O) groups is 2. The van der Waals surface area contributed by atoms with Crippen molar-refractivity contribution in [2.24, 2.45) is 0 Å². The van der Waals surface area contributed by atoms with Gasteiger partial charge in [0.05, 0.1) is 27.3 Å². The number of nitrogens with one attached hydrogen (secondary N) is 1. The van der Waals surface area contributed by atoms with Gasteiger partial charge in [-0.2, -0.15) is 0 Å². The first-order valence-electron chi connectivity index (χ1n) is 8.41. The topological polar surface area (TPSA) is 62.3 Å². The van der Waals surface area contributed by atoms with Gasteiger partial charge in [-0.3, -0.25) is 9.59 Å². The minimum atomic E-state index is -0.212. The molecule has 8 heteroatoms. The highest BCUT2D eigenvalue weighted by Gasteiger charge is 2.29. The first kappa shape index (κ1) is 18.3. The molecule has 4 rings (SSSR count). The number of para-hydroxylation sites is 2. The van der Waals surface area contributed by atoms with Gasteiger partial charge in [0.2, 0.25) is 11.8 Å². The molecule has 0 fully saturated rings. The lowest BCUT2D eigenvalue weighted by molar-refractivity contribution is -0.117. The number of anilines is 2. The van der Waals surface area contributed by atoms with Crippen molar-refractivity contribution in [2.45, 2.75) is 23.7 Å². The Hall–Kier alpha value is -2.09. The van der Waals surface area contributed by atoms with Crippen LogP contribution in [0.25, 0.3) is 10.2 Å². The quantitative estimate of drug-likeness (QED) is 0.621. The summed E-state index contributed by atoms with van der Waals surface area (Å²) in [6.45, 7) is 1.89. The molecule has 1 aliphatic heterocycles. The standard InChI is InChI=1S/C19H16ClN3O2S2/c1-11-8-17(24)21-13-4-2-3-5-15(13)23(11)18(25)10-26-19-22-14-9-12(20)6-7-16(14)27-19/h2-7,9,11H,8,10H2,1H3,(H,21,24). The molecule has 2 aromatic carbocycles. The molecule has 0 radical (unpaired) electrons. The average Bonchev–Trinajstić information content (AvgIpc) is 2.97. The Morgan fingerprint density at radius 3 is 3.04 bits per heavy atom. The summed E-state index contributed by atoms with van der Waals surface area (Å²) in [5.74, 6) is 0.121. The van der Waals surface area contributed by atoms with E-state index >= 15 is 0 Å². The molecule has 138 valence electrons. The lowest BCUT2D eigenvalue weighted by Gasteiger charge is -2.27. The van der Waals surface area contributed by atoms with Gasteiger partial charge >= 0.3 is 0 Å². The summed E-state index contributed by atoms with van der Waals surface area (Å²) in [4.78, 5) is 31.3. The van der Waals surface area contributed by atoms with E-state index in [1.165, 1.54) is 11.8 Å². The average molecular weight is 418 g/mol. The zero-order chi connectivity index (χ0) is 19.0. The van der Waals surface area contributed by atoms with Crippen molar-refractivity contribution in [2.75, 3.05) is 16.0 Å². The summed E-state index contributed by atoms with van der Waals surface area (Å²) >= 11 is 8.96. The van der Waals surface area contributed by atoms with E-state index in [0.717, 1.165) is 20.2 Å². The Morgan fingerprint density at radius 2 is 2.19 bits per heavy atom. The normalized spacial score (nSPS) is 16.7. The molecular weight excluding hydrogens is 402 g/mol. The maximum Gasteiger partial charge on any atom is 0.237 e. The third-order valence-corrected chi connectivity index (χ3v) is 6.68. The van der Waals surface area contributed by atoms with Crippen molar-refractivity contribution in [1.82, 2.24) is 4.98 Å². The van der Waals surface area contributed by atoms with Crippen LogP contribution >= 0.6 is 34.7 Å². The fourth-order valence-corrected chi connectivity index (χ4v) is 5.18. The second-order valence-electron chi connectivity index (χ2n) is 6.26. The number of amides is 2. The number of hydrogen-bond donors (Lipinski definition) is 1. The van der Waals surface area contributed by atoms with Gasteiger partial charge in [-0.1, -0.05) is 35.5 Å². The summed E-state index contributed by atoms with van der Waals surface area (Å²) < 4.78 is 1.86. The monoisotopic (exact) mass is 417 g/mol. The lowest BCUT2D eigenvalue weighted by Crippen LogP contribution is -2.40. The molecule has 3 aromatic rings. The minimum Gasteiger partial charge on any atom is -0.324 e. The van der Waals surface area contributed by atoms with Crippen LogP contribution in [0.4, 0.5) is 11.4 Å². The molecule has 0 bridgehead atoms. The maximum atomic E-state index is 13.0. The number of benzene rings is 2. The van der Waals surface area contributed by atoms with Crippen LogP contribution in [0.15, 0.2) is 46.8 Å². The molecule has 1 unspecified atom stereocenters. The molecule has 2 amide bonds. The highest BCUT2D eigenvalue weighted by molar-refractivity contribution is 8.01. The van der Waals surface area contributed by atoms with E-state index in [-0.39, 0.29) is 30.0 Å². The van der Waals surface area contributed by atoms with Crippen LogP contribution < -0.4 is 10.2 Å². The number of hydrogen-bond acceptors (Lipinski definition) is 5. The van der Waals surface area contributed by atoms with Gasteiger partial charge in [0.15, 0.2) is 4.34 Å². The van der Waals surface area contributed by atoms with E-state index in [0.29, 0.717) is 10.7 Å². The molecular formula is C19H16ClN3O2S2. The van der Waals surface area contributed by atoms with E-state index in [9.17, 15) is 9.59 Å². The number of nitrogens with zero attached hydrogens (tertiary/aromatic N) is 2. The van der Waals surface area contributed by atoms with Gasteiger partial charge in [-0.05, 0) is 37.3 Å². The molecule has 2 heterocycles. The summed E-state index contributed by atoms with van der Waals surface area (Å²) in [6.07, 6.45) is 0.269. The molecule has 5 nitrogen and oxygen atoms in total. The van der Waals surface area contributed by atoms with Crippen molar-refractivity contribution in [3.63, 3.8) is 0 Å². The zero-order valence-corrected chi connectivity index (χ0v) is 16.8. The van der Waals surface area contributed by atoms with Gasteiger partial charge in [0.25, 0.3) is 0 Å². The van der Waals surface area contributed by atoms with Crippen molar-refractivity contribution in [1.29, 1.82) is 0 Å². The number of aromatic nitrogens is 1. The highest BCUT2D eigenvalue weighted by Crippen LogP contribution is 2.34. The number of halogens is 1. The third-order valence-electron chi connectivity index (χ3n) is 4.28. The van der Waals surface area contributed by atoms with E-state index in [1.807, 2.05) is 49.4 Å². The third kappa shape index (κ3) is 3.81. The smallest absolute Gasteiger partial charge is 0.237 e.